The summed E-state index contributed by atoms with van der Waals surface area (Å²) in [6.45, 7) is 4.86. The molecule has 1 aromatic heterocycles. The number of aromatic nitrogens is 2. The molecule has 1 aromatic carbocycles. The Morgan fingerprint density at radius 1 is 1.22 bits per heavy atom. The van der Waals surface area contributed by atoms with Crippen molar-refractivity contribution in [1.29, 1.82) is 0 Å². The Labute approximate surface area is 159 Å². The van der Waals surface area contributed by atoms with Crippen LogP contribution in [0.15, 0.2) is 35.4 Å². The van der Waals surface area contributed by atoms with Gasteiger partial charge < -0.3 is 10.2 Å². The molecule has 1 amide bonds. The zero-order chi connectivity index (χ0) is 18.8. The number of hydrogen-bond acceptors (Lipinski definition) is 4. The number of benzene rings is 1. The SMILES string of the molecule is C[C@@H](C(=O)NC[C@@H]1CCCN2CCCC[C@H]12)n1cnc2ccccc2c1=O. The Morgan fingerprint density at radius 3 is 2.93 bits per heavy atom. The van der Waals surface area contributed by atoms with E-state index in [0.717, 1.165) is 0 Å². The van der Waals surface area contributed by atoms with E-state index in [1.54, 1.807) is 13.0 Å². The fraction of sp³-hybridized carbons (Fsp3) is 0.571. The number of carbonyl (C=O) groups excluding carboxylic acids is 1. The second-order valence-electron chi connectivity index (χ2n) is 7.90. The molecular weight excluding hydrogens is 340 g/mol. The van der Waals surface area contributed by atoms with E-state index in [2.05, 4.69) is 15.2 Å². The third kappa shape index (κ3) is 3.63. The van der Waals surface area contributed by atoms with Crippen molar-refractivity contribution < 1.29 is 4.79 Å². The molecule has 2 saturated heterocycles. The number of piperidine rings is 2. The van der Waals surface area contributed by atoms with Crippen molar-refractivity contribution >= 4 is 16.8 Å². The Morgan fingerprint density at radius 2 is 2.04 bits per heavy atom. The summed E-state index contributed by atoms with van der Waals surface area (Å²) < 4.78 is 1.44. The standard InChI is InChI=1S/C21H28N4O2/c1-15(25-14-23-18-9-3-2-8-17(18)21(25)27)20(26)22-13-16-7-6-12-24-11-5-4-10-19(16)24/h2-3,8-9,14-16,19H,4-7,10-13H2,1H3,(H,22,26)/t15-,16-,19+/m0/s1. The summed E-state index contributed by atoms with van der Waals surface area (Å²) in [6.07, 6.45) is 7.70. The van der Waals surface area contributed by atoms with Crippen molar-refractivity contribution in [3.8, 4) is 0 Å². The van der Waals surface area contributed by atoms with Gasteiger partial charge in [0, 0.05) is 12.6 Å². The lowest BCUT2D eigenvalue weighted by Gasteiger charge is -2.44. The largest absolute Gasteiger partial charge is 0.354 e. The van der Waals surface area contributed by atoms with Crippen molar-refractivity contribution in [3.63, 3.8) is 0 Å². The molecule has 0 saturated carbocycles. The normalized spacial score (nSPS) is 24.3. The van der Waals surface area contributed by atoms with Crippen molar-refractivity contribution in [2.75, 3.05) is 19.6 Å². The summed E-state index contributed by atoms with van der Waals surface area (Å²) in [5, 5.41) is 3.65. The van der Waals surface area contributed by atoms with Crippen molar-refractivity contribution in [2.45, 2.75) is 51.1 Å². The molecule has 1 N–H and O–H groups in total. The molecule has 4 rings (SSSR count). The molecule has 0 unspecified atom stereocenters. The average Bonchev–Trinajstić information content (AvgIpc) is 2.72. The minimum Gasteiger partial charge on any atom is -0.354 e. The maximum absolute atomic E-state index is 12.7. The van der Waals surface area contributed by atoms with Gasteiger partial charge in [0.2, 0.25) is 5.91 Å². The summed E-state index contributed by atoms with van der Waals surface area (Å²) in [5.41, 5.74) is 0.491. The monoisotopic (exact) mass is 368 g/mol. The van der Waals surface area contributed by atoms with E-state index in [1.165, 1.54) is 56.1 Å². The van der Waals surface area contributed by atoms with Crippen LogP contribution < -0.4 is 10.9 Å². The van der Waals surface area contributed by atoms with E-state index in [-0.39, 0.29) is 11.5 Å². The molecule has 6 nitrogen and oxygen atoms in total. The average molecular weight is 368 g/mol. The van der Waals surface area contributed by atoms with Crippen LogP contribution in [0.1, 0.15) is 45.1 Å². The van der Waals surface area contributed by atoms with E-state index in [4.69, 9.17) is 0 Å². The van der Waals surface area contributed by atoms with Crippen LogP contribution in [0.3, 0.4) is 0 Å². The second-order valence-corrected chi connectivity index (χ2v) is 7.90. The Balaban J connectivity index is 1.44. The highest BCUT2D eigenvalue weighted by Gasteiger charge is 2.33. The molecule has 3 heterocycles. The number of hydrogen-bond donors (Lipinski definition) is 1. The van der Waals surface area contributed by atoms with Gasteiger partial charge in [0.1, 0.15) is 6.04 Å². The third-order valence-electron chi connectivity index (χ3n) is 6.25. The first-order valence-electron chi connectivity index (χ1n) is 10.1. The lowest BCUT2D eigenvalue weighted by molar-refractivity contribution is -0.124. The van der Waals surface area contributed by atoms with Gasteiger partial charge in [0.15, 0.2) is 0 Å². The minimum atomic E-state index is -0.569. The number of para-hydroxylation sites is 1. The van der Waals surface area contributed by atoms with Gasteiger partial charge in [-0.05, 0) is 63.7 Å². The number of rotatable bonds is 4. The number of carbonyl (C=O) groups is 1. The second kappa shape index (κ2) is 7.80. The maximum Gasteiger partial charge on any atom is 0.261 e. The number of amides is 1. The zero-order valence-corrected chi connectivity index (χ0v) is 15.9. The highest BCUT2D eigenvalue weighted by Crippen LogP contribution is 2.30. The van der Waals surface area contributed by atoms with Gasteiger partial charge in [-0.3, -0.25) is 14.2 Å². The molecule has 2 aliphatic rings. The number of nitrogens with one attached hydrogen (secondary N) is 1. The smallest absolute Gasteiger partial charge is 0.261 e. The lowest BCUT2D eigenvalue weighted by atomic mass is 9.83. The van der Waals surface area contributed by atoms with Gasteiger partial charge in [-0.15, -0.1) is 0 Å². The molecule has 27 heavy (non-hydrogen) atoms. The van der Waals surface area contributed by atoms with Crippen molar-refractivity contribution in [2.24, 2.45) is 5.92 Å². The molecule has 2 aromatic rings. The summed E-state index contributed by atoms with van der Waals surface area (Å²) in [6, 6.07) is 7.28. The first-order valence-corrected chi connectivity index (χ1v) is 10.1. The maximum atomic E-state index is 12.7. The summed E-state index contributed by atoms with van der Waals surface area (Å²) >= 11 is 0. The van der Waals surface area contributed by atoms with Crippen LogP contribution in [0.5, 0.6) is 0 Å². The van der Waals surface area contributed by atoms with E-state index in [1.807, 2.05) is 18.2 Å². The van der Waals surface area contributed by atoms with Crippen LogP contribution >= 0.6 is 0 Å². The van der Waals surface area contributed by atoms with Gasteiger partial charge >= 0.3 is 0 Å². The number of nitrogens with zero attached hydrogens (tertiary/aromatic N) is 3. The van der Waals surface area contributed by atoms with Crippen molar-refractivity contribution in [1.82, 2.24) is 19.8 Å². The topological polar surface area (TPSA) is 67.2 Å². The number of fused-ring (bicyclic) bond motifs is 2. The fourth-order valence-corrected chi connectivity index (χ4v) is 4.68. The molecule has 3 atom stereocenters. The molecule has 144 valence electrons. The molecule has 2 aliphatic heterocycles. The minimum absolute atomic E-state index is 0.109. The van der Waals surface area contributed by atoms with Gasteiger partial charge in [-0.25, -0.2) is 4.98 Å². The third-order valence-corrected chi connectivity index (χ3v) is 6.25. The molecule has 2 fully saturated rings. The van der Waals surface area contributed by atoms with Crippen LogP contribution in [0.4, 0.5) is 0 Å². The molecule has 6 heteroatoms. The fourth-order valence-electron chi connectivity index (χ4n) is 4.68. The predicted octanol–water partition coefficient (Wildman–Crippen LogP) is 2.34. The van der Waals surface area contributed by atoms with Crippen LogP contribution in [-0.4, -0.2) is 46.0 Å². The highest BCUT2D eigenvalue weighted by atomic mass is 16.2. The highest BCUT2D eigenvalue weighted by molar-refractivity contribution is 5.81. The summed E-state index contributed by atoms with van der Waals surface area (Å²) in [7, 11) is 0. The van der Waals surface area contributed by atoms with Gasteiger partial charge in [0.05, 0.1) is 17.2 Å². The van der Waals surface area contributed by atoms with Gasteiger partial charge in [-0.1, -0.05) is 18.6 Å². The van der Waals surface area contributed by atoms with Crippen LogP contribution in [0.25, 0.3) is 10.9 Å². The van der Waals surface area contributed by atoms with Crippen LogP contribution in [0.2, 0.25) is 0 Å². The molecule has 0 spiro atoms. The Hall–Kier alpha value is -2.21. The first-order chi connectivity index (χ1) is 13.1. The van der Waals surface area contributed by atoms with E-state index < -0.39 is 6.04 Å². The Bertz CT molecular complexity index is 876. The van der Waals surface area contributed by atoms with E-state index in [9.17, 15) is 9.59 Å². The van der Waals surface area contributed by atoms with Gasteiger partial charge in [-0.2, -0.15) is 0 Å². The predicted molar refractivity (Wildman–Crippen MR) is 106 cm³/mol. The van der Waals surface area contributed by atoms with E-state index >= 15 is 0 Å². The lowest BCUT2D eigenvalue weighted by Crippen LogP contribution is -2.51. The zero-order valence-electron chi connectivity index (χ0n) is 15.9. The molecule has 0 radical (unpaired) electrons. The Kier molecular flexibility index (Phi) is 5.25. The molecule has 0 aliphatic carbocycles. The summed E-state index contributed by atoms with van der Waals surface area (Å²) in [4.78, 5) is 32.4. The van der Waals surface area contributed by atoms with Crippen LogP contribution in [0, 0.1) is 5.92 Å². The summed E-state index contributed by atoms with van der Waals surface area (Å²) in [5.74, 6) is 0.406. The van der Waals surface area contributed by atoms with Crippen molar-refractivity contribution in [3.05, 3.63) is 40.9 Å². The molecule has 0 bridgehead atoms. The molecular formula is C21H28N4O2. The van der Waals surface area contributed by atoms with Crippen LogP contribution in [-0.2, 0) is 4.79 Å². The van der Waals surface area contributed by atoms with E-state index in [0.29, 0.717) is 29.4 Å². The quantitative estimate of drug-likeness (QED) is 0.899. The first kappa shape index (κ1) is 18.2. The van der Waals surface area contributed by atoms with Gasteiger partial charge in [0.25, 0.3) is 5.56 Å².